The van der Waals surface area contributed by atoms with Crippen molar-refractivity contribution >= 4 is 25.7 Å². The van der Waals surface area contributed by atoms with Crippen molar-refractivity contribution in [2.75, 3.05) is 29.9 Å². The second-order valence-electron chi connectivity index (χ2n) is 5.03. The lowest BCUT2D eigenvalue weighted by atomic mass is 10.1. The van der Waals surface area contributed by atoms with Gasteiger partial charge in [0.2, 0.25) is 10.0 Å². The molecule has 2 rings (SSSR count). The van der Waals surface area contributed by atoms with Crippen LogP contribution in [-0.2, 0) is 19.9 Å². The standard InChI is InChI=1S/C12H19N3O4S2/c1-2-13-12-4-3-11(8-14-12)21(18,19)15-7-10-5-6-20(16,17)9-10/h3-4,8,10,15H,2,5-7,9H2,1H3,(H,13,14). The van der Waals surface area contributed by atoms with Crippen LogP contribution in [0.5, 0.6) is 0 Å². The van der Waals surface area contributed by atoms with Gasteiger partial charge in [-0.1, -0.05) is 0 Å². The van der Waals surface area contributed by atoms with Gasteiger partial charge in [-0.2, -0.15) is 0 Å². The fraction of sp³-hybridized carbons (Fsp3) is 0.583. The van der Waals surface area contributed by atoms with Gasteiger partial charge in [0.05, 0.1) is 11.5 Å². The number of rotatable bonds is 6. The fourth-order valence-corrected chi connectivity index (χ4v) is 5.09. The highest BCUT2D eigenvalue weighted by Crippen LogP contribution is 2.18. The first kappa shape index (κ1) is 16.2. The maximum absolute atomic E-state index is 12.1. The van der Waals surface area contributed by atoms with Crippen LogP contribution in [0.1, 0.15) is 13.3 Å². The number of pyridine rings is 1. The van der Waals surface area contributed by atoms with Gasteiger partial charge in [0.15, 0.2) is 9.84 Å². The van der Waals surface area contributed by atoms with Gasteiger partial charge in [-0.3, -0.25) is 0 Å². The number of nitrogens with one attached hydrogen (secondary N) is 2. The Labute approximate surface area is 125 Å². The van der Waals surface area contributed by atoms with E-state index in [1.807, 2.05) is 6.92 Å². The lowest BCUT2D eigenvalue weighted by Crippen LogP contribution is -2.30. The van der Waals surface area contributed by atoms with Crippen molar-refractivity contribution in [3.05, 3.63) is 18.3 Å². The number of anilines is 1. The predicted molar refractivity (Wildman–Crippen MR) is 80.4 cm³/mol. The molecular formula is C12H19N3O4S2. The zero-order valence-corrected chi connectivity index (χ0v) is 13.4. The Morgan fingerprint density at radius 2 is 2.14 bits per heavy atom. The van der Waals surface area contributed by atoms with Crippen molar-refractivity contribution in [2.24, 2.45) is 5.92 Å². The molecule has 0 saturated carbocycles. The van der Waals surface area contributed by atoms with E-state index in [0.29, 0.717) is 18.8 Å². The summed E-state index contributed by atoms with van der Waals surface area (Å²) >= 11 is 0. The third-order valence-corrected chi connectivity index (χ3v) is 6.54. The van der Waals surface area contributed by atoms with Gasteiger partial charge in [0, 0.05) is 19.3 Å². The Kier molecular flexibility index (Phi) is 4.84. The Bertz CT molecular complexity index is 684. The molecular weight excluding hydrogens is 314 g/mol. The Hall–Kier alpha value is -1.19. The Morgan fingerprint density at radius 3 is 2.67 bits per heavy atom. The van der Waals surface area contributed by atoms with Crippen LogP contribution >= 0.6 is 0 Å². The van der Waals surface area contributed by atoms with Crippen molar-refractivity contribution in [1.82, 2.24) is 9.71 Å². The molecule has 1 fully saturated rings. The van der Waals surface area contributed by atoms with Crippen molar-refractivity contribution < 1.29 is 16.8 Å². The molecule has 1 aliphatic heterocycles. The van der Waals surface area contributed by atoms with Crippen LogP contribution in [0.15, 0.2) is 23.2 Å². The Balaban J connectivity index is 1.98. The SMILES string of the molecule is CCNc1ccc(S(=O)(=O)NCC2CCS(=O)(=O)C2)cn1. The zero-order valence-electron chi connectivity index (χ0n) is 11.7. The van der Waals surface area contributed by atoms with Gasteiger partial charge in [0.1, 0.15) is 10.7 Å². The molecule has 1 aliphatic rings. The normalized spacial score (nSPS) is 21.3. The zero-order chi connectivity index (χ0) is 15.5. The molecule has 0 bridgehead atoms. The summed E-state index contributed by atoms with van der Waals surface area (Å²) in [5.74, 6) is 0.642. The topological polar surface area (TPSA) is 105 Å². The minimum Gasteiger partial charge on any atom is -0.370 e. The van der Waals surface area contributed by atoms with E-state index in [4.69, 9.17) is 0 Å². The van der Waals surface area contributed by atoms with E-state index in [1.54, 1.807) is 6.07 Å². The summed E-state index contributed by atoms with van der Waals surface area (Å²) in [7, 11) is -6.65. The van der Waals surface area contributed by atoms with Crippen LogP contribution in [0.3, 0.4) is 0 Å². The van der Waals surface area contributed by atoms with Crippen molar-refractivity contribution in [1.29, 1.82) is 0 Å². The number of nitrogens with zero attached hydrogens (tertiary/aromatic N) is 1. The molecule has 1 saturated heterocycles. The van der Waals surface area contributed by atoms with Crippen LogP contribution in [0.25, 0.3) is 0 Å². The molecule has 7 nitrogen and oxygen atoms in total. The van der Waals surface area contributed by atoms with E-state index < -0.39 is 19.9 Å². The van der Waals surface area contributed by atoms with Crippen molar-refractivity contribution in [3.63, 3.8) is 0 Å². The van der Waals surface area contributed by atoms with Crippen LogP contribution in [0, 0.1) is 5.92 Å². The lowest BCUT2D eigenvalue weighted by molar-refractivity contribution is 0.543. The van der Waals surface area contributed by atoms with Crippen LogP contribution in [-0.4, -0.2) is 46.4 Å². The van der Waals surface area contributed by atoms with Crippen molar-refractivity contribution in [2.45, 2.75) is 18.2 Å². The molecule has 0 aliphatic carbocycles. The van der Waals surface area contributed by atoms with Crippen LogP contribution in [0.2, 0.25) is 0 Å². The molecule has 0 spiro atoms. The second-order valence-corrected chi connectivity index (χ2v) is 9.03. The first-order chi connectivity index (χ1) is 9.82. The molecule has 0 aromatic carbocycles. The highest BCUT2D eigenvalue weighted by atomic mass is 32.2. The number of sulfonamides is 1. The van der Waals surface area contributed by atoms with E-state index in [1.165, 1.54) is 12.3 Å². The van der Waals surface area contributed by atoms with Gasteiger partial charge >= 0.3 is 0 Å². The summed E-state index contributed by atoms with van der Waals surface area (Å²) in [6.45, 7) is 2.76. The summed E-state index contributed by atoms with van der Waals surface area (Å²) in [6.07, 6.45) is 1.79. The molecule has 1 unspecified atom stereocenters. The van der Waals surface area contributed by atoms with Crippen molar-refractivity contribution in [3.8, 4) is 0 Å². The molecule has 0 radical (unpaired) electrons. The molecule has 2 N–H and O–H groups in total. The highest BCUT2D eigenvalue weighted by molar-refractivity contribution is 7.91. The molecule has 118 valence electrons. The van der Waals surface area contributed by atoms with Gasteiger partial charge < -0.3 is 5.32 Å². The quantitative estimate of drug-likeness (QED) is 0.772. The first-order valence-corrected chi connectivity index (χ1v) is 10.0. The summed E-state index contributed by atoms with van der Waals surface area (Å²) in [4.78, 5) is 4.09. The number of hydrogen-bond donors (Lipinski definition) is 2. The third-order valence-electron chi connectivity index (χ3n) is 3.29. The van der Waals surface area contributed by atoms with E-state index >= 15 is 0 Å². The largest absolute Gasteiger partial charge is 0.370 e. The monoisotopic (exact) mass is 333 g/mol. The maximum atomic E-state index is 12.1. The van der Waals surface area contributed by atoms with Gasteiger partial charge in [-0.25, -0.2) is 26.5 Å². The van der Waals surface area contributed by atoms with Crippen LogP contribution < -0.4 is 10.0 Å². The Morgan fingerprint density at radius 1 is 1.38 bits per heavy atom. The molecule has 9 heteroatoms. The molecule has 21 heavy (non-hydrogen) atoms. The number of aromatic nitrogens is 1. The minimum absolute atomic E-state index is 0.0487. The predicted octanol–water partition coefficient (Wildman–Crippen LogP) is 0.226. The smallest absolute Gasteiger partial charge is 0.242 e. The van der Waals surface area contributed by atoms with E-state index in [2.05, 4.69) is 15.0 Å². The summed E-state index contributed by atoms with van der Waals surface area (Å²) in [5, 5.41) is 2.98. The summed E-state index contributed by atoms with van der Waals surface area (Å²) in [5.41, 5.74) is 0. The molecule has 1 aromatic heterocycles. The molecule has 0 amide bonds. The first-order valence-electron chi connectivity index (χ1n) is 6.72. The van der Waals surface area contributed by atoms with E-state index in [-0.39, 0.29) is 28.9 Å². The van der Waals surface area contributed by atoms with Gasteiger partial charge in [-0.15, -0.1) is 0 Å². The van der Waals surface area contributed by atoms with Crippen LogP contribution in [0.4, 0.5) is 5.82 Å². The third kappa shape index (κ3) is 4.39. The van der Waals surface area contributed by atoms with E-state index in [0.717, 1.165) is 0 Å². The molecule has 2 heterocycles. The summed E-state index contributed by atoms with van der Waals surface area (Å²) in [6, 6.07) is 3.07. The number of hydrogen-bond acceptors (Lipinski definition) is 6. The average Bonchev–Trinajstić information content (AvgIpc) is 2.77. The van der Waals surface area contributed by atoms with E-state index in [9.17, 15) is 16.8 Å². The highest BCUT2D eigenvalue weighted by Gasteiger charge is 2.29. The maximum Gasteiger partial charge on any atom is 0.242 e. The second kappa shape index (κ2) is 6.29. The van der Waals surface area contributed by atoms with Gasteiger partial charge in [-0.05, 0) is 31.4 Å². The molecule has 1 aromatic rings. The lowest BCUT2D eigenvalue weighted by Gasteiger charge is -2.10. The average molecular weight is 333 g/mol. The minimum atomic E-state index is -3.65. The fourth-order valence-electron chi connectivity index (χ4n) is 2.17. The number of sulfone groups is 1. The summed E-state index contributed by atoms with van der Waals surface area (Å²) < 4.78 is 49.3. The van der Waals surface area contributed by atoms with Gasteiger partial charge in [0.25, 0.3) is 0 Å². The molecule has 1 atom stereocenters.